The smallest absolute Gasteiger partial charge is 0.00537 e. The van der Waals surface area contributed by atoms with Gasteiger partial charge in [-0.25, -0.2) is 0 Å². The molecule has 11 unspecified atom stereocenters. The van der Waals surface area contributed by atoms with Gasteiger partial charge in [-0.05, 0) is 57.7 Å². The molecule has 11 saturated carbocycles. The lowest BCUT2D eigenvalue weighted by molar-refractivity contribution is -0.812. The van der Waals surface area contributed by atoms with Gasteiger partial charge < -0.3 is 0 Å². The Morgan fingerprint density at radius 2 is 1.75 bits per heavy atom. The number of rotatable bonds is 0. The van der Waals surface area contributed by atoms with Gasteiger partial charge in [0.05, 0.1) is 0 Å². The molecule has 0 heteroatoms. The third-order valence-electron chi connectivity index (χ3n) is 10.2. The number of hydrogen-bond donors (Lipinski definition) is 0. The average molecular weight is 210 g/mol. The van der Waals surface area contributed by atoms with Crippen molar-refractivity contribution >= 4 is 0 Å². The van der Waals surface area contributed by atoms with Gasteiger partial charge in [-0.3, -0.25) is 0 Å². The lowest BCUT2D eigenvalue weighted by atomic mass is 8.75. The van der Waals surface area contributed by atoms with Crippen LogP contribution in [0.4, 0.5) is 0 Å². The fourth-order valence-corrected chi connectivity index (χ4v) is 10.5. The van der Waals surface area contributed by atoms with Crippen LogP contribution in [-0.2, 0) is 0 Å². The van der Waals surface area contributed by atoms with Gasteiger partial charge in [0.15, 0.2) is 0 Å². The molecule has 0 radical (unpaired) electrons. The molecule has 0 nitrogen and oxygen atoms in total. The van der Waals surface area contributed by atoms with Crippen LogP contribution in [0.3, 0.4) is 0 Å². The van der Waals surface area contributed by atoms with E-state index in [9.17, 15) is 0 Å². The second kappa shape index (κ2) is 1.22. The van der Waals surface area contributed by atoms with E-state index in [2.05, 4.69) is 27.4 Å². The fraction of sp³-hybridized carbons (Fsp3) is 0.875. The van der Waals surface area contributed by atoms with Crippen LogP contribution < -0.4 is 0 Å². The van der Waals surface area contributed by atoms with Crippen LogP contribution in [0.2, 0.25) is 0 Å². The predicted octanol–water partition coefficient (Wildman–Crippen LogP) is 2.96. The summed E-state index contributed by atoms with van der Waals surface area (Å²) in [5.41, 5.74) is 5.13. The van der Waals surface area contributed by atoms with Crippen molar-refractivity contribution in [2.75, 3.05) is 0 Å². The maximum Gasteiger partial charge on any atom is 0.00537 e. The van der Waals surface area contributed by atoms with Crippen molar-refractivity contribution in [2.45, 2.75) is 20.8 Å². The van der Waals surface area contributed by atoms with Crippen molar-refractivity contribution in [1.29, 1.82) is 0 Å². The topological polar surface area (TPSA) is 0 Å². The summed E-state index contributed by atoms with van der Waals surface area (Å²) in [6.07, 6.45) is 0. The Balaban J connectivity index is 1.47. The van der Waals surface area contributed by atoms with Gasteiger partial charge in [-0.2, -0.15) is 0 Å². The summed E-state index contributed by atoms with van der Waals surface area (Å²) in [6, 6.07) is 0. The molecule has 3 spiro atoms. The quantitative estimate of drug-likeness (QED) is 0.539. The summed E-state index contributed by atoms with van der Waals surface area (Å²) in [7, 11) is 0. The van der Waals surface area contributed by atoms with Crippen molar-refractivity contribution < 1.29 is 0 Å². The van der Waals surface area contributed by atoms with Gasteiger partial charge in [-0.15, -0.1) is 0 Å². The molecule has 0 saturated heterocycles. The molecule has 0 aromatic rings. The minimum absolute atomic E-state index is 0.776. The van der Waals surface area contributed by atoms with Crippen molar-refractivity contribution in [3.63, 3.8) is 0 Å². The molecule has 11 fully saturated rings. The molecule has 11 aliphatic rings. The monoisotopic (exact) mass is 210 g/mol. The number of allylic oxidation sites excluding steroid dienone is 1. The molecule has 11 rings (SSSR count). The molecule has 0 N–H and O–H groups in total. The van der Waals surface area contributed by atoms with E-state index in [0.717, 1.165) is 45.3 Å². The molecule has 0 amide bonds. The van der Waals surface area contributed by atoms with E-state index in [1.807, 2.05) is 0 Å². The van der Waals surface area contributed by atoms with Crippen LogP contribution in [0.5, 0.6) is 0 Å². The molecule has 11 aliphatic carbocycles. The predicted molar refractivity (Wildman–Crippen MR) is 60.3 cm³/mol. The van der Waals surface area contributed by atoms with Crippen LogP contribution >= 0.6 is 0 Å². The Bertz CT molecular complexity index is 575. The summed E-state index contributed by atoms with van der Waals surface area (Å²) in [4.78, 5) is 0. The van der Waals surface area contributed by atoms with Gasteiger partial charge in [0.1, 0.15) is 0 Å². The van der Waals surface area contributed by atoms with Gasteiger partial charge in [-0.1, -0.05) is 32.9 Å². The van der Waals surface area contributed by atoms with Crippen molar-refractivity contribution in [3.05, 3.63) is 12.2 Å². The molecular weight excluding hydrogens is 192 g/mol. The Labute approximate surface area is 96.5 Å². The van der Waals surface area contributed by atoms with E-state index in [0.29, 0.717) is 0 Å². The summed E-state index contributed by atoms with van der Waals surface area (Å²) < 4.78 is 0. The molecular formula is C16H18. The van der Waals surface area contributed by atoms with Gasteiger partial charge >= 0.3 is 0 Å². The standard InChI is InChI=1S/C16H18/c1-5-6(2)14-8(5)10-12(14)15-9-7(3)13(15,4)11(9)16(10,14)15/h5,7-12H,2H2,1,3-4H3. The first-order valence-corrected chi connectivity index (χ1v) is 7.27. The maximum absolute atomic E-state index is 4.46. The van der Waals surface area contributed by atoms with Crippen LogP contribution in [0.25, 0.3) is 0 Å². The second-order valence-corrected chi connectivity index (χ2v) is 8.53. The van der Waals surface area contributed by atoms with Crippen molar-refractivity contribution in [1.82, 2.24) is 0 Å². The maximum atomic E-state index is 4.46. The Morgan fingerprint density at radius 1 is 1.00 bits per heavy atom. The molecule has 0 aromatic heterocycles. The van der Waals surface area contributed by atoms with E-state index in [1.54, 1.807) is 5.57 Å². The zero-order valence-corrected chi connectivity index (χ0v) is 10.2. The van der Waals surface area contributed by atoms with Crippen molar-refractivity contribution in [2.24, 2.45) is 63.1 Å². The average Bonchev–Trinajstić information content (AvgIpc) is 2.22. The second-order valence-electron chi connectivity index (χ2n) is 8.53. The van der Waals surface area contributed by atoms with Gasteiger partial charge in [0.2, 0.25) is 0 Å². The van der Waals surface area contributed by atoms with Crippen LogP contribution in [-0.4, -0.2) is 0 Å². The van der Waals surface area contributed by atoms with Crippen molar-refractivity contribution in [3.8, 4) is 0 Å². The SMILES string of the molecule is C=C1C(C)C2C3C4C12C31C2C3C(C)C2(C)C341. The van der Waals surface area contributed by atoms with Crippen LogP contribution in [0, 0.1) is 63.1 Å². The first-order chi connectivity index (χ1) is 7.58. The van der Waals surface area contributed by atoms with Crippen LogP contribution in [0.1, 0.15) is 20.8 Å². The van der Waals surface area contributed by atoms with E-state index in [-0.39, 0.29) is 0 Å². The summed E-state index contributed by atoms with van der Waals surface area (Å²) in [6.45, 7) is 12.1. The zero-order valence-electron chi connectivity index (χ0n) is 10.2. The zero-order chi connectivity index (χ0) is 10.6. The van der Waals surface area contributed by atoms with E-state index in [1.165, 1.54) is 17.8 Å². The van der Waals surface area contributed by atoms with E-state index < -0.39 is 0 Å². The molecule has 0 aliphatic heterocycles. The Morgan fingerprint density at radius 3 is 2.19 bits per heavy atom. The van der Waals surface area contributed by atoms with Crippen LogP contribution in [0.15, 0.2) is 12.2 Å². The highest BCUT2D eigenvalue weighted by Crippen LogP contribution is 3.28. The first-order valence-electron chi connectivity index (χ1n) is 7.27. The van der Waals surface area contributed by atoms with Gasteiger partial charge in [0, 0.05) is 5.41 Å². The fourth-order valence-electron chi connectivity index (χ4n) is 10.5. The molecule has 16 heavy (non-hydrogen) atoms. The third kappa shape index (κ3) is 0.203. The molecule has 0 aromatic carbocycles. The molecule has 11 atom stereocenters. The summed E-state index contributed by atoms with van der Waals surface area (Å²) in [5.74, 6) is 7.82. The summed E-state index contributed by atoms with van der Waals surface area (Å²) in [5, 5.41) is 0. The largest absolute Gasteiger partial charge is 0.0990 e. The number of hydrogen-bond acceptors (Lipinski definition) is 0. The van der Waals surface area contributed by atoms with E-state index in [4.69, 9.17) is 0 Å². The lowest BCUT2D eigenvalue weighted by Gasteiger charge is -3.28. The van der Waals surface area contributed by atoms with Gasteiger partial charge in [0.25, 0.3) is 0 Å². The summed E-state index contributed by atoms with van der Waals surface area (Å²) >= 11 is 0. The third-order valence-corrected chi connectivity index (χ3v) is 10.2. The molecule has 0 heterocycles. The first kappa shape index (κ1) is 7.24. The highest BCUT2D eigenvalue weighted by molar-refractivity contribution is 5.75. The minimum atomic E-state index is 0.776. The molecule has 82 valence electrons. The van der Waals surface area contributed by atoms with E-state index >= 15 is 0 Å². The normalized spacial score (nSPS) is 98.2. The lowest BCUT2D eigenvalue weighted by Crippen LogP contribution is -3.26. The highest BCUT2D eigenvalue weighted by atomic mass is 15.3. The Kier molecular flexibility index (Phi) is 0.552. The highest BCUT2D eigenvalue weighted by Gasteiger charge is 3.26. The molecule has 8 bridgehead atoms. The minimum Gasteiger partial charge on any atom is -0.0990 e. The Hall–Kier alpha value is -0.260.